The van der Waals surface area contributed by atoms with Gasteiger partial charge in [-0.3, -0.25) is 9.69 Å². The molecule has 0 aliphatic carbocycles. The van der Waals surface area contributed by atoms with E-state index >= 15 is 0 Å². The highest BCUT2D eigenvalue weighted by molar-refractivity contribution is 5.79. The monoisotopic (exact) mass is 328 g/mol. The highest BCUT2D eigenvalue weighted by Crippen LogP contribution is 2.20. The Balaban J connectivity index is 1.70. The van der Waals surface area contributed by atoms with Crippen molar-refractivity contribution in [3.05, 3.63) is 54.1 Å². The molecule has 0 saturated carbocycles. The van der Waals surface area contributed by atoms with Crippen molar-refractivity contribution in [1.29, 1.82) is 0 Å². The SMILES string of the molecule is Cn1ccnc1C(NC(=O)CN1CCC(O)CC1)c1ccccc1. The number of aromatic nitrogens is 2. The third-order valence-corrected chi connectivity index (χ3v) is 4.48. The van der Waals surface area contributed by atoms with Gasteiger partial charge >= 0.3 is 0 Å². The topological polar surface area (TPSA) is 70.4 Å². The van der Waals surface area contributed by atoms with Crippen LogP contribution < -0.4 is 5.32 Å². The molecule has 1 aliphatic heterocycles. The number of hydrogen-bond donors (Lipinski definition) is 2. The molecule has 1 unspecified atom stereocenters. The molecule has 1 fully saturated rings. The summed E-state index contributed by atoms with van der Waals surface area (Å²) < 4.78 is 1.93. The van der Waals surface area contributed by atoms with Gasteiger partial charge < -0.3 is 15.0 Å². The van der Waals surface area contributed by atoms with Crippen molar-refractivity contribution in [1.82, 2.24) is 19.8 Å². The van der Waals surface area contributed by atoms with Crippen LogP contribution in [0.5, 0.6) is 0 Å². The lowest BCUT2D eigenvalue weighted by Crippen LogP contribution is -2.43. The Bertz CT molecular complexity index is 663. The van der Waals surface area contributed by atoms with Gasteiger partial charge in [-0.25, -0.2) is 4.98 Å². The van der Waals surface area contributed by atoms with Crippen LogP contribution in [0.25, 0.3) is 0 Å². The van der Waals surface area contributed by atoms with Crippen LogP contribution in [0.1, 0.15) is 30.3 Å². The van der Waals surface area contributed by atoms with Gasteiger partial charge in [-0.05, 0) is 18.4 Å². The Kier molecular flexibility index (Phi) is 5.27. The van der Waals surface area contributed by atoms with Crippen molar-refractivity contribution in [3.63, 3.8) is 0 Å². The first-order chi connectivity index (χ1) is 11.6. The molecule has 2 N–H and O–H groups in total. The third-order valence-electron chi connectivity index (χ3n) is 4.48. The van der Waals surface area contributed by atoms with Gasteiger partial charge in [-0.1, -0.05) is 30.3 Å². The first-order valence-electron chi connectivity index (χ1n) is 8.35. The standard InChI is InChI=1S/C18H24N4O2/c1-21-12-9-19-18(21)17(14-5-3-2-4-6-14)20-16(24)13-22-10-7-15(23)8-11-22/h2-6,9,12,15,17,23H,7-8,10-11,13H2,1H3,(H,20,24). The summed E-state index contributed by atoms with van der Waals surface area (Å²) in [4.78, 5) is 19.0. The Morgan fingerprint density at radius 3 is 2.67 bits per heavy atom. The van der Waals surface area contributed by atoms with Crippen LogP contribution in [0.15, 0.2) is 42.7 Å². The highest BCUT2D eigenvalue weighted by Gasteiger charge is 2.23. The number of carbonyl (C=O) groups excluding carboxylic acids is 1. The smallest absolute Gasteiger partial charge is 0.235 e. The normalized spacial score (nSPS) is 17.6. The molecule has 6 heteroatoms. The maximum Gasteiger partial charge on any atom is 0.235 e. The van der Waals surface area contributed by atoms with Crippen LogP contribution in [0.3, 0.4) is 0 Å². The second-order valence-electron chi connectivity index (χ2n) is 6.31. The molecule has 1 atom stereocenters. The summed E-state index contributed by atoms with van der Waals surface area (Å²) in [7, 11) is 1.93. The predicted molar refractivity (Wildman–Crippen MR) is 91.3 cm³/mol. The Morgan fingerprint density at radius 1 is 1.33 bits per heavy atom. The quantitative estimate of drug-likeness (QED) is 0.862. The van der Waals surface area contributed by atoms with Gasteiger partial charge in [-0.15, -0.1) is 0 Å². The Labute approximate surface area is 142 Å². The van der Waals surface area contributed by atoms with Gasteiger partial charge in [0.25, 0.3) is 0 Å². The van der Waals surface area contributed by atoms with Gasteiger partial charge in [0.15, 0.2) is 0 Å². The van der Waals surface area contributed by atoms with Gasteiger partial charge in [0, 0.05) is 32.5 Å². The van der Waals surface area contributed by atoms with E-state index in [1.165, 1.54) is 0 Å². The van der Waals surface area contributed by atoms with E-state index in [4.69, 9.17) is 0 Å². The maximum absolute atomic E-state index is 12.5. The molecule has 3 rings (SSSR count). The summed E-state index contributed by atoms with van der Waals surface area (Å²) in [5, 5.41) is 12.7. The number of benzene rings is 1. The zero-order chi connectivity index (χ0) is 16.9. The molecule has 1 aromatic carbocycles. The van der Waals surface area contributed by atoms with Gasteiger partial charge in [0.2, 0.25) is 5.91 Å². The van der Waals surface area contributed by atoms with Crippen LogP contribution in [-0.2, 0) is 11.8 Å². The summed E-state index contributed by atoms with van der Waals surface area (Å²) in [5.74, 6) is 0.784. The number of aryl methyl sites for hydroxylation is 1. The van der Waals surface area contributed by atoms with Crippen molar-refractivity contribution >= 4 is 5.91 Å². The Hall–Kier alpha value is -2.18. The number of likely N-dealkylation sites (tertiary alicyclic amines) is 1. The van der Waals surface area contributed by atoms with Crippen LogP contribution in [0.4, 0.5) is 0 Å². The molecule has 0 radical (unpaired) electrons. The summed E-state index contributed by atoms with van der Waals surface area (Å²) in [6.45, 7) is 1.86. The fourth-order valence-electron chi connectivity index (χ4n) is 3.08. The van der Waals surface area contributed by atoms with E-state index in [9.17, 15) is 9.90 Å². The number of aliphatic hydroxyl groups is 1. The summed E-state index contributed by atoms with van der Waals surface area (Å²) in [6, 6.07) is 9.61. The van der Waals surface area contributed by atoms with Crippen LogP contribution in [-0.4, -0.2) is 51.2 Å². The minimum absolute atomic E-state index is 0.0248. The number of nitrogens with zero attached hydrogens (tertiary/aromatic N) is 3. The largest absolute Gasteiger partial charge is 0.393 e. The lowest BCUT2D eigenvalue weighted by Gasteiger charge is -2.29. The molecule has 2 aromatic rings. The molecular formula is C18H24N4O2. The molecule has 6 nitrogen and oxygen atoms in total. The molecule has 1 amide bonds. The van der Waals surface area contributed by atoms with Crippen molar-refractivity contribution in [3.8, 4) is 0 Å². The molecular weight excluding hydrogens is 304 g/mol. The predicted octanol–water partition coefficient (Wildman–Crippen LogP) is 1.08. The first-order valence-corrected chi connectivity index (χ1v) is 8.35. The lowest BCUT2D eigenvalue weighted by atomic mass is 10.1. The molecule has 1 aliphatic rings. The van der Waals surface area contributed by atoms with Gasteiger partial charge in [0.1, 0.15) is 11.9 Å². The molecule has 24 heavy (non-hydrogen) atoms. The fraction of sp³-hybridized carbons (Fsp3) is 0.444. The summed E-state index contributed by atoms with van der Waals surface area (Å²) >= 11 is 0. The minimum atomic E-state index is -0.269. The van der Waals surface area contributed by atoms with Crippen LogP contribution in [0.2, 0.25) is 0 Å². The number of nitrogens with one attached hydrogen (secondary N) is 1. The zero-order valence-corrected chi connectivity index (χ0v) is 13.9. The Morgan fingerprint density at radius 2 is 2.04 bits per heavy atom. The minimum Gasteiger partial charge on any atom is -0.393 e. The lowest BCUT2D eigenvalue weighted by molar-refractivity contribution is -0.123. The van der Waals surface area contributed by atoms with Crippen LogP contribution in [0, 0.1) is 0 Å². The second kappa shape index (κ2) is 7.59. The van der Waals surface area contributed by atoms with E-state index in [1.54, 1.807) is 6.20 Å². The first kappa shape index (κ1) is 16.7. The number of piperidine rings is 1. The van der Waals surface area contributed by atoms with E-state index in [0.717, 1.165) is 37.3 Å². The number of imidazole rings is 1. The summed E-state index contributed by atoms with van der Waals surface area (Å²) in [6.07, 6.45) is 4.85. The van der Waals surface area contributed by atoms with Crippen LogP contribution >= 0.6 is 0 Å². The molecule has 128 valence electrons. The van der Waals surface area contributed by atoms with E-state index in [-0.39, 0.29) is 18.1 Å². The molecule has 0 bridgehead atoms. The molecule has 0 spiro atoms. The molecule has 1 aromatic heterocycles. The number of aliphatic hydroxyl groups excluding tert-OH is 1. The molecule has 1 saturated heterocycles. The van der Waals surface area contributed by atoms with Crippen molar-refractivity contribution in [2.75, 3.05) is 19.6 Å². The van der Waals surface area contributed by atoms with Crippen molar-refractivity contribution < 1.29 is 9.90 Å². The number of hydrogen-bond acceptors (Lipinski definition) is 4. The van der Waals surface area contributed by atoms with Gasteiger partial charge in [0.05, 0.1) is 12.6 Å². The maximum atomic E-state index is 12.5. The molecule has 2 heterocycles. The number of carbonyl (C=O) groups is 1. The number of rotatable bonds is 5. The summed E-state index contributed by atoms with van der Waals surface area (Å²) in [5.41, 5.74) is 1.01. The van der Waals surface area contributed by atoms with Crippen molar-refractivity contribution in [2.24, 2.45) is 7.05 Å². The van der Waals surface area contributed by atoms with Crippen molar-refractivity contribution in [2.45, 2.75) is 25.0 Å². The van der Waals surface area contributed by atoms with E-state index in [2.05, 4.69) is 15.2 Å². The average molecular weight is 328 g/mol. The fourth-order valence-corrected chi connectivity index (χ4v) is 3.08. The highest BCUT2D eigenvalue weighted by atomic mass is 16.3. The van der Waals surface area contributed by atoms with Gasteiger partial charge in [-0.2, -0.15) is 0 Å². The average Bonchev–Trinajstić information content (AvgIpc) is 3.01. The van der Waals surface area contributed by atoms with E-state index in [0.29, 0.717) is 6.54 Å². The zero-order valence-electron chi connectivity index (χ0n) is 13.9. The van der Waals surface area contributed by atoms with E-state index < -0.39 is 0 Å². The third kappa shape index (κ3) is 4.01. The van der Waals surface area contributed by atoms with E-state index in [1.807, 2.05) is 48.1 Å². The number of amides is 1. The second-order valence-corrected chi connectivity index (χ2v) is 6.31.